The van der Waals surface area contributed by atoms with E-state index in [1.165, 1.54) is 0 Å². The van der Waals surface area contributed by atoms with Crippen LogP contribution in [0.25, 0.3) is 0 Å². The molecule has 25 heavy (non-hydrogen) atoms. The summed E-state index contributed by atoms with van der Waals surface area (Å²) in [4.78, 5) is 12.5. The maximum absolute atomic E-state index is 12.5. The molecule has 3 rings (SSSR count). The molecule has 0 aromatic heterocycles. The standard InChI is InChI=1S/C19H20BrNO4/c1-23-14-7-8-18(20)17(11-14)19(22)21-13-4-2-5-15(10-13)25-12-16-6-3-9-24-16/h2,4-5,7-8,10-11,16H,3,6,9,12H2,1H3,(H,21,22). The minimum absolute atomic E-state index is 0.158. The van der Waals surface area contributed by atoms with Crippen molar-refractivity contribution < 1.29 is 19.0 Å². The van der Waals surface area contributed by atoms with Crippen molar-refractivity contribution in [3.8, 4) is 11.5 Å². The van der Waals surface area contributed by atoms with E-state index in [0.29, 0.717) is 33.8 Å². The molecule has 1 heterocycles. The zero-order valence-electron chi connectivity index (χ0n) is 14.0. The second kappa shape index (κ2) is 8.36. The third-order valence-electron chi connectivity index (χ3n) is 3.97. The highest BCUT2D eigenvalue weighted by atomic mass is 79.9. The van der Waals surface area contributed by atoms with Crippen LogP contribution in [0.4, 0.5) is 5.69 Å². The lowest BCUT2D eigenvalue weighted by Crippen LogP contribution is -2.16. The molecule has 1 amide bonds. The monoisotopic (exact) mass is 405 g/mol. The molecule has 1 fully saturated rings. The summed E-state index contributed by atoms with van der Waals surface area (Å²) in [6.45, 7) is 1.33. The molecule has 0 saturated carbocycles. The lowest BCUT2D eigenvalue weighted by Gasteiger charge is -2.13. The van der Waals surface area contributed by atoms with Gasteiger partial charge in [0.15, 0.2) is 0 Å². The number of halogens is 1. The summed E-state index contributed by atoms with van der Waals surface area (Å²) >= 11 is 3.40. The van der Waals surface area contributed by atoms with E-state index in [-0.39, 0.29) is 12.0 Å². The molecular formula is C19H20BrNO4. The van der Waals surface area contributed by atoms with Crippen LogP contribution in [0.1, 0.15) is 23.2 Å². The number of anilines is 1. The molecule has 1 aliphatic rings. The predicted molar refractivity (Wildman–Crippen MR) is 99.6 cm³/mol. The summed E-state index contributed by atoms with van der Waals surface area (Å²) in [6, 6.07) is 12.6. The Morgan fingerprint density at radius 1 is 1.28 bits per heavy atom. The number of hydrogen-bond donors (Lipinski definition) is 1. The fourth-order valence-electron chi connectivity index (χ4n) is 2.63. The number of carbonyl (C=O) groups is 1. The Labute approximate surface area is 155 Å². The van der Waals surface area contributed by atoms with Gasteiger partial charge in [0.25, 0.3) is 5.91 Å². The van der Waals surface area contributed by atoms with Crippen LogP contribution in [0.15, 0.2) is 46.9 Å². The molecule has 1 saturated heterocycles. The van der Waals surface area contributed by atoms with Crippen LogP contribution in [0.3, 0.4) is 0 Å². The summed E-state index contributed by atoms with van der Waals surface area (Å²) in [6.07, 6.45) is 2.27. The number of ether oxygens (including phenoxy) is 3. The van der Waals surface area contributed by atoms with Gasteiger partial charge in [0.2, 0.25) is 0 Å². The quantitative estimate of drug-likeness (QED) is 0.779. The number of nitrogens with one attached hydrogen (secondary N) is 1. The molecule has 0 bridgehead atoms. The van der Waals surface area contributed by atoms with Gasteiger partial charge >= 0.3 is 0 Å². The zero-order chi connectivity index (χ0) is 17.6. The third-order valence-corrected chi connectivity index (χ3v) is 4.66. The van der Waals surface area contributed by atoms with Crippen molar-refractivity contribution in [3.63, 3.8) is 0 Å². The van der Waals surface area contributed by atoms with Gasteiger partial charge in [-0.05, 0) is 59.1 Å². The number of hydrogen-bond acceptors (Lipinski definition) is 4. The van der Waals surface area contributed by atoms with Crippen LogP contribution in [0.2, 0.25) is 0 Å². The highest BCUT2D eigenvalue weighted by Crippen LogP contribution is 2.25. The molecule has 132 valence electrons. The first-order chi connectivity index (χ1) is 12.2. The first-order valence-electron chi connectivity index (χ1n) is 8.15. The number of rotatable bonds is 6. The van der Waals surface area contributed by atoms with E-state index in [0.717, 1.165) is 19.4 Å². The molecule has 0 radical (unpaired) electrons. The predicted octanol–water partition coefficient (Wildman–Crippen LogP) is 4.27. The van der Waals surface area contributed by atoms with Gasteiger partial charge in [-0.25, -0.2) is 0 Å². The van der Waals surface area contributed by atoms with E-state index in [1.807, 2.05) is 18.2 Å². The highest BCUT2D eigenvalue weighted by molar-refractivity contribution is 9.10. The number of amides is 1. The largest absolute Gasteiger partial charge is 0.497 e. The first kappa shape index (κ1) is 17.8. The van der Waals surface area contributed by atoms with E-state index in [2.05, 4.69) is 21.2 Å². The summed E-state index contributed by atoms with van der Waals surface area (Å²) in [5.41, 5.74) is 1.18. The second-order valence-electron chi connectivity index (χ2n) is 5.77. The Hall–Kier alpha value is -2.05. The molecule has 2 aromatic rings. The van der Waals surface area contributed by atoms with E-state index < -0.39 is 0 Å². The van der Waals surface area contributed by atoms with Gasteiger partial charge in [0.05, 0.1) is 18.8 Å². The van der Waals surface area contributed by atoms with Gasteiger partial charge in [-0.3, -0.25) is 4.79 Å². The minimum Gasteiger partial charge on any atom is -0.497 e. The van der Waals surface area contributed by atoms with Gasteiger partial charge in [-0.15, -0.1) is 0 Å². The Kier molecular flexibility index (Phi) is 5.94. The lowest BCUT2D eigenvalue weighted by atomic mass is 10.2. The second-order valence-corrected chi connectivity index (χ2v) is 6.63. The molecule has 2 aromatic carbocycles. The van der Waals surface area contributed by atoms with Gasteiger partial charge in [-0.2, -0.15) is 0 Å². The summed E-state index contributed by atoms with van der Waals surface area (Å²) < 4.78 is 17.2. The van der Waals surface area contributed by atoms with Crippen molar-refractivity contribution in [3.05, 3.63) is 52.5 Å². The SMILES string of the molecule is COc1ccc(Br)c(C(=O)Nc2cccc(OCC3CCCO3)c2)c1. The first-order valence-corrected chi connectivity index (χ1v) is 8.94. The molecule has 6 heteroatoms. The van der Waals surface area contributed by atoms with Crippen molar-refractivity contribution in [1.29, 1.82) is 0 Å². The number of methoxy groups -OCH3 is 1. The van der Waals surface area contributed by atoms with E-state index in [1.54, 1.807) is 31.4 Å². The summed E-state index contributed by atoms with van der Waals surface area (Å²) in [7, 11) is 1.57. The third kappa shape index (κ3) is 4.74. The smallest absolute Gasteiger partial charge is 0.256 e. The van der Waals surface area contributed by atoms with Crippen LogP contribution in [0, 0.1) is 0 Å². The van der Waals surface area contributed by atoms with Crippen LogP contribution in [-0.2, 0) is 4.74 Å². The van der Waals surface area contributed by atoms with E-state index in [4.69, 9.17) is 14.2 Å². The topological polar surface area (TPSA) is 56.8 Å². The molecule has 1 unspecified atom stereocenters. The van der Waals surface area contributed by atoms with Crippen LogP contribution in [-0.4, -0.2) is 32.3 Å². The van der Waals surface area contributed by atoms with Gasteiger partial charge in [0.1, 0.15) is 18.1 Å². The Morgan fingerprint density at radius 2 is 2.16 bits per heavy atom. The molecular weight excluding hydrogens is 386 g/mol. The van der Waals surface area contributed by atoms with Crippen LogP contribution >= 0.6 is 15.9 Å². The molecule has 0 spiro atoms. The molecule has 1 aliphatic heterocycles. The number of carbonyl (C=O) groups excluding carboxylic acids is 1. The van der Waals surface area contributed by atoms with E-state index in [9.17, 15) is 4.79 Å². The molecule has 1 atom stereocenters. The fraction of sp³-hybridized carbons (Fsp3) is 0.316. The van der Waals surface area contributed by atoms with Crippen molar-refractivity contribution in [2.75, 3.05) is 25.6 Å². The Morgan fingerprint density at radius 3 is 2.92 bits per heavy atom. The molecule has 5 nitrogen and oxygen atoms in total. The van der Waals surface area contributed by atoms with Crippen LogP contribution in [0.5, 0.6) is 11.5 Å². The zero-order valence-corrected chi connectivity index (χ0v) is 15.5. The van der Waals surface area contributed by atoms with Crippen LogP contribution < -0.4 is 14.8 Å². The number of benzene rings is 2. The minimum atomic E-state index is -0.220. The van der Waals surface area contributed by atoms with Crippen molar-refractivity contribution >= 4 is 27.5 Å². The van der Waals surface area contributed by atoms with Crippen molar-refractivity contribution in [1.82, 2.24) is 0 Å². The van der Waals surface area contributed by atoms with E-state index >= 15 is 0 Å². The lowest BCUT2D eigenvalue weighted by molar-refractivity contribution is 0.0680. The Balaban J connectivity index is 1.66. The maximum atomic E-state index is 12.5. The van der Waals surface area contributed by atoms with Crippen molar-refractivity contribution in [2.24, 2.45) is 0 Å². The maximum Gasteiger partial charge on any atom is 0.256 e. The average molecular weight is 406 g/mol. The van der Waals surface area contributed by atoms with Gasteiger partial charge < -0.3 is 19.5 Å². The molecule has 1 N–H and O–H groups in total. The van der Waals surface area contributed by atoms with Gasteiger partial charge in [0, 0.05) is 22.8 Å². The molecule has 0 aliphatic carbocycles. The normalized spacial score (nSPS) is 16.5. The average Bonchev–Trinajstić information content (AvgIpc) is 3.14. The van der Waals surface area contributed by atoms with Crippen molar-refractivity contribution in [2.45, 2.75) is 18.9 Å². The summed E-state index contributed by atoms with van der Waals surface area (Å²) in [5.74, 6) is 1.11. The fourth-order valence-corrected chi connectivity index (χ4v) is 3.06. The summed E-state index contributed by atoms with van der Waals surface area (Å²) in [5, 5.41) is 2.88. The Bertz CT molecular complexity index is 744. The van der Waals surface area contributed by atoms with Gasteiger partial charge in [-0.1, -0.05) is 6.07 Å². The highest BCUT2D eigenvalue weighted by Gasteiger charge is 2.16.